The minimum atomic E-state index is 0.448. The normalized spacial score (nSPS) is 11.0. The summed E-state index contributed by atoms with van der Waals surface area (Å²) in [5, 5.41) is 14.4. The van der Waals surface area contributed by atoms with Gasteiger partial charge in [0, 0.05) is 0 Å². The summed E-state index contributed by atoms with van der Waals surface area (Å²) < 4.78 is 7.10. The van der Waals surface area contributed by atoms with Gasteiger partial charge in [-0.2, -0.15) is 4.98 Å². The van der Waals surface area contributed by atoms with Crippen LogP contribution in [-0.2, 0) is 0 Å². The van der Waals surface area contributed by atoms with Crippen molar-refractivity contribution in [2.75, 3.05) is 0 Å². The molecule has 4 rings (SSSR count). The molecule has 0 atom stereocenters. The highest BCUT2D eigenvalue weighted by Crippen LogP contribution is 2.26. The van der Waals surface area contributed by atoms with Gasteiger partial charge in [-0.05, 0) is 37.4 Å². The van der Waals surface area contributed by atoms with Gasteiger partial charge in [0.2, 0.25) is 5.82 Å². The second kappa shape index (κ2) is 5.44. The fourth-order valence-electron chi connectivity index (χ4n) is 2.29. The van der Waals surface area contributed by atoms with E-state index in [1.165, 1.54) is 5.56 Å². The zero-order chi connectivity index (χ0) is 15.8. The summed E-state index contributed by atoms with van der Waals surface area (Å²) in [7, 11) is 0. The number of nitrogens with zero attached hydrogens (tertiary/aromatic N) is 5. The van der Waals surface area contributed by atoms with Gasteiger partial charge < -0.3 is 4.52 Å². The zero-order valence-corrected chi connectivity index (χ0v) is 13.4. The molecule has 4 aromatic rings. The molecule has 0 aliphatic carbocycles. The first-order valence-electron chi connectivity index (χ1n) is 7.09. The molecular weight excluding hydrogens is 310 g/mol. The maximum absolute atomic E-state index is 5.32. The average molecular weight is 323 g/mol. The highest BCUT2D eigenvalue weighted by molar-refractivity contribution is 7.13. The van der Waals surface area contributed by atoms with Gasteiger partial charge in [-0.1, -0.05) is 34.1 Å². The molecule has 0 aliphatic rings. The van der Waals surface area contributed by atoms with Crippen LogP contribution >= 0.6 is 11.3 Å². The molecule has 0 fully saturated rings. The second-order valence-corrected chi connectivity index (χ2v) is 6.12. The quantitative estimate of drug-likeness (QED) is 0.575. The van der Waals surface area contributed by atoms with E-state index in [0.717, 1.165) is 16.3 Å². The van der Waals surface area contributed by atoms with Gasteiger partial charge in [0.15, 0.2) is 5.69 Å². The van der Waals surface area contributed by atoms with E-state index in [4.69, 9.17) is 4.52 Å². The Morgan fingerprint density at radius 3 is 2.65 bits per heavy atom. The summed E-state index contributed by atoms with van der Waals surface area (Å²) in [5.74, 6) is 0.948. The molecule has 0 radical (unpaired) electrons. The number of thiophene rings is 1. The first kappa shape index (κ1) is 13.8. The molecule has 3 heterocycles. The van der Waals surface area contributed by atoms with Crippen molar-refractivity contribution in [3.8, 4) is 28.0 Å². The van der Waals surface area contributed by atoms with Crippen LogP contribution in [0.2, 0.25) is 0 Å². The third-order valence-electron chi connectivity index (χ3n) is 3.54. The van der Waals surface area contributed by atoms with Crippen LogP contribution in [0.4, 0.5) is 0 Å². The highest BCUT2D eigenvalue weighted by Gasteiger charge is 2.18. The molecule has 6 nitrogen and oxygen atoms in total. The number of hydrogen-bond acceptors (Lipinski definition) is 6. The van der Waals surface area contributed by atoms with E-state index < -0.39 is 0 Å². The van der Waals surface area contributed by atoms with E-state index in [-0.39, 0.29) is 0 Å². The molecule has 1 aromatic carbocycles. The van der Waals surface area contributed by atoms with Crippen molar-refractivity contribution >= 4 is 11.3 Å². The Morgan fingerprint density at radius 1 is 1.09 bits per heavy atom. The first-order valence-corrected chi connectivity index (χ1v) is 7.97. The molecular formula is C16H13N5OS. The molecule has 0 saturated carbocycles. The van der Waals surface area contributed by atoms with Crippen molar-refractivity contribution < 1.29 is 4.52 Å². The topological polar surface area (TPSA) is 69.6 Å². The molecule has 0 spiro atoms. The van der Waals surface area contributed by atoms with Crippen LogP contribution < -0.4 is 0 Å². The van der Waals surface area contributed by atoms with Gasteiger partial charge in [-0.25, -0.2) is 4.68 Å². The summed E-state index contributed by atoms with van der Waals surface area (Å²) in [6, 6.07) is 12.0. The number of aromatic nitrogens is 5. The Hall–Kier alpha value is -2.80. The Balaban J connectivity index is 1.72. The van der Waals surface area contributed by atoms with Gasteiger partial charge in [-0.15, -0.1) is 16.4 Å². The lowest BCUT2D eigenvalue weighted by Gasteiger charge is -2.03. The molecule has 23 heavy (non-hydrogen) atoms. The molecule has 3 aromatic heterocycles. The van der Waals surface area contributed by atoms with Crippen LogP contribution in [0.25, 0.3) is 28.0 Å². The van der Waals surface area contributed by atoms with E-state index in [2.05, 4.69) is 27.4 Å². The summed E-state index contributed by atoms with van der Waals surface area (Å²) in [6.07, 6.45) is 0. The summed E-state index contributed by atoms with van der Waals surface area (Å²) in [6.45, 7) is 3.99. The molecule has 0 saturated heterocycles. The van der Waals surface area contributed by atoms with Gasteiger partial charge in [0.05, 0.1) is 16.3 Å². The Morgan fingerprint density at radius 2 is 1.91 bits per heavy atom. The third kappa shape index (κ3) is 2.44. The molecule has 7 heteroatoms. The lowest BCUT2D eigenvalue weighted by atomic mass is 10.2. The maximum Gasteiger partial charge on any atom is 0.268 e. The number of hydrogen-bond donors (Lipinski definition) is 0. The molecule has 0 N–H and O–H groups in total. The average Bonchev–Trinajstić information content (AvgIpc) is 3.27. The van der Waals surface area contributed by atoms with E-state index in [1.807, 2.05) is 48.7 Å². The lowest BCUT2D eigenvalue weighted by molar-refractivity contribution is 0.433. The first-order chi connectivity index (χ1) is 11.2. The van der Waals surface area contributed by atoms with Crippen molar-refractivity contribution in [1.29, 1.82) is 0 Å². The van der Waals surface area contributed by atoms with Gasteiger partial charge >= 0.3 is 0 Å². The van der Waals surface area contributed by atoms with Gasteiger partial charge in [-0.3, -0.25) is 0 Å². The highest BCUT2D eigenvalue weighted by atomic mass is 32.1. The van der Waals surface area contributed by atoms with Gasteiger partial charge in [0.25, 0.3) is 5.89 Å². The smallest absolute Gasteiger partial charge is 0.268 e. The molecule has 114 valence electrons. The van der Waals surface area contributed by atoms with Crippen molar-refractivity contribution in [1.82, 2.24) is 25.1 Å². The number of aryl methyl sites for hydroxylation is 1. The number of rotatable bonds is 3. The molecule has 0 amide bonds. The predicted molar refractivity (Wildman–Crippen MR) is 87.4 cm³/mol. The molecule has 0 unspecified atom stereocenters. The number of benzene rings is 1. The summed E-state index contributed by atoms with van der Waals surface area (Å²) >= 11 is 1.55. The van der Waals surface area contributed by atoms with Crippen molar-refractivity contribution in [3.05, 3.63) is 53.0 Å². The van der Waals surface area contributed by atoms with Crippen LogP contribution in [0, 0.1) is 13.8 Å². The zero-order valence-electron chi connectivity index (χ0n) is 12.6. The predicted octanol–water partition coefficient (Wildman–Crippen LogP) is 3.66. The van der Waals surface area contributed by atoms with Crippen LogP contribution in [0.15, 0.2) is 46.3 Å². The Kier molecular flexibility index (Phi) is 3.27. The SMILES string of the molecule is Cc1ccc(-n2nnc(-c3noc(-c4cccs4)n3)c2C)cc1. The van der Waals surface area contributed by atoms with Crippen LogP contribution in [0.5, 0.6) is 0 Å². The van der Waals surface area contributed by atoms with Crippen LogP contribution in [0.3, 0.4) is 0 Å². The van der Waals surface area contributed by atoms with Crippen molar-refractivity contribution in [3.63, 3.8) is 0 Å². The monoisotopic (exact) mass is 323 g/mol. The van der Waals surface area contributed by atoms with E-state index in [0.29, 0.717) is 17.4 Å². The van der Waals surface area contributed by atoms with Crippen molar-refractivity contribution in [2.45, 2.75) is 13.8 Å². The summed E-state index contributed by atoms with van der Waals surface area (Å²) in [5.41, 5.74) is 3.64. The minimum Gasteiger partial charge on any atom is -0.333 e. The molecule has 0 aliphatic heterocycles. The Labute approximate surface area is 136 Å². The van der Waals surface area contributed by atoms with E-state index in [9.17, 15) is 0 Å². The van der Waals surface area contributed by atoms with Crippen molar-refractivity contribution in [2.24, 2.45) is 0 Å². The Bertz CT molecular complexity index is 937. The van der Waals surface area contributed by atoms with E-state index >= 15 is 0 Å². The van der Waals surface area contributed by atoms with Crippen LogP contribution in [0.1, 0.15) is 11.3 Å². The standard InChI is InChI=1S/C16H13N5OS/c1-10-5-7-12(8-6-10)21-11(2)14(18-20-21)15-17-16(22-19-15)13-4-3-9-23-13/h3-9H,1-2H3. The second-order valence-electron chi connectivity index (χ2n) is 5.17. The lowest BCUT2D eigenvalue weighted by Crippen LogP contribution is -1.99. The minimum absolute atomic E-state index is 0.448. The fraction of sp³-hybridized carbons (Fsp3) is 0.125. The molecule has 0 bridgehead atoms. The van der Waals surface area contributed by atoms with Gasteiger partial charge in [0.1, 0.15) is 0 Å². The fourth-order valence-corrected chi connectivity index (χ4v) is 2.93. The van der Waals surface area contributed by atoms with Crippen LogP contribution in [-0.4, -0.2) is 25.1 Å². The van der Waals surface area contributed by atoms with E-state index in [1.54, 1.807) is 16.0 Å². The third-order valence-corrected chi connectivity index (χ3v) is 4.40. The largest absolute Gasteiger partial charge is 0.333 e. The maximum atomic E-state index is 5.32. The summed E-state index contributed by atoms with van der Waals surface area (Å²) in [4.78, 5) is 5.36.